The van der Waals surface area contributed by atoms with Gasteiger partial charge in [0, 0.05) is 35.9 Å². The highest BCUT2D eigenvalue weighted by atomic mass is 35.5. The lowest BCUT2D eigenvalue weighted by atomic mass is 9.82. The molecule has 0 spiro atoms. The van der Waals surface area contributed by atoms with E-state index in [1.165, 1.54) is 29.6 Å². The maximum absolute atomic E-state index is 14.8. The molecule has 2 saturated carbocycles. The topological polar surface area (TPSA) is 189 Å². The summed E-state index contributed by atoms with van der Waals surface area (Å²) in [6.45, 7) is 7.16. The van der Waals surface area contributed by atoms with Crippen LogP contribution in [0.2, 0.25) is 10.0 Å². The van der Waals surface area contributed by atoms with Crippen LogP contribution in [0.15, 0.2) is 36.8 Å². The molecule has 0 bridgehead atoms. The van der Waals surface area contributed by atoms with E-state index >= 15 is 0 Å². The third kappa shape index (κ3) is 11.2. The average Bonchev–Trinajstić information content (AvgIpc) is 3.88. The molecule has 4 N–H and O–H groups in total. The zero-order valence-electron chi connectivity index (χ0n) is 31.7. The lowest BCUT2D eigenvalue weighted by Crippen LogP contribution is -2.62. The molecule has 1 unspecified atom stereocenters. The van der Waals surface area contributed by atoms with Gasteiger partial charge in [0.2, 0.25) is 23.5 Å². The molecule has 5 amide bonds. The molecule has 2 aromatic rings. The van der Waals surface area contributed by atoms with Gasteiger partial charge in [-0.25, -0.2) is 4.98 Å². The van der Waals surface area contributed by atoms with Crippen LogP contribution in [0, 0.1) is 11.3 Å². The van der Waals surface area contributed by atoms with E-state index in [4.69, 9.17) is 27.9 Å². The molecular weight excluding hydrogens is 749 g/mol. The summed E-state index contributed by atoms with van der Waals surface area (Å²) >= 11 is 12.6. The minimum atomic E-state index is -1.15. The maximum atomic E-state index is 14.8. The van der Waals surface area contributed by atoms with Crippen molar-refractivity contribution in [2.45, 2.75) is 128 Å². The number of likely N-dealkylation sites (tertiary alicyclic amines) is 1. The molecule has 16 heteroatoms. The number of nitrogens with one attached hydrogen (secondary N) is 4. The minimum Gasteiger partial charge on any atom is -0.487 e. The monoisotopic (exact) mass is 799 g/mol. The van der Waals surface area contributed by atoms with Gasteiger partial charge in [-0.1, -0.05) is 76.6 Å². The van der Waals surface area contributed by atoms with Gasteiger partial charge < -0.3 is 30.9 Å². The Labute approximate surface area is 331 Å². The molecule has 2 heterocycles. The van der Waals surface area contributed by atoms with Crippen molar-refractivity contribution >= 4 is 58.5 Å². The molecule has 1 saturated heterocycles. The van der Waals surface area contributed by atoms with Gasteiger partial charge in [-0.2, -0.15) is 0 Å². The van der Waals surface area contributed by atoms with Gasteiger partial charge in [0.1, 0.15) is 35.7 Å². The van der Waals surface area contributed by atoms with Gasteiger partial charge in [0.15, 0.2) is 0 Å². The van der Waals surface area contributed by atoms with Crippen LogP contribution in [0.5, 0.6) is 5.75 Å². The van der Waals surface area contributed by atoms with Crippen LogP contribution in [-0.4, -0.2) is 93.0 Å². The van der Waals surface area contributed by atoms with Crippen molar-refractivity contribution in [3.8, 4) is 5.75 Å². The van der Waals surface area contributed by atoms with Gasteiger partial charge in [-0.3, -0.25) is 33.8 Å². The number of carbonyl (C=O) groups excluding carboxylic acids is 6. The molecule has 14 nitrogen and oxygen atoms in total. The second-order valence-corrected chi connectivity index (χ2v) is 16.6. The van der Waals surface area contributed by atoms with E-state index < -0.39 is 71.0 Å². The molecule has 1 aliphatic heterocycles. The molecular formula is C39H51Cl2N7O7. The molecule has 5 rings (SSSR count). The molecule has 1 aromatic heterocycles. The number of aromatic nitrogens is 2. The van der Waals surface area contributed by atoms with Crippen LogP contribution in [0.1, 0.15) is 102 Å². The molecule has 3 fully saturated rings. The molecule has 55 heavy (non-hydrogen) atoms. The zero-order valence-corrected chi connectivity index (χ0v) is 33.3. The Morgan fingerprint density at radius 2 is 1.69 bits per heavy atom. The smallest absolute Gasteiger partial charge is 0.289 e. The molecule has 1 aromatic carbocycles. The number of ketones is 1. The van der Waals surface area contributed by atoms with Crippen LogP contribution >= 0.6 is 23.2 Å². The Balaban J connectivity index is 1.41. The molecule has 3 aliphatic rings. The number of Topliss-reactive ketones (excluding diaryl/α,β-unsaturated/α-hetero) is 1. The standard InChI is InChI=1S/C39H51Cl2N7O7/c1-5-9-27(32(49)37(53)44-24-13-14-24)45-35(51)29-19-25(55-30-18-23(40)12-15-26(30)41)21-48(29)38(54)33(39(2,3)4)47-36(52)31(22-10-7-6-8-11-22)46-34(50)28-20-42-16-17-43-28/h12,15-18,20,22,24-25,27,29,31,33H,5-11,13-14,19,21H2,1-4H3,(H,44,53)(H,45,51)(H,46,50)(H,47,52)/t25-,27+,29?,31+,33-/m1/s1. The van der Waals surface area contributed by atoms with E-state index in [2.05, 4.69) is 31.2 Å². The van der Waals surface area contributed by atoms with Gasteiger partial charge in [-0.15, -0.1) is 0 Å². The largest absolute Gasteiger partial charge is 0.487 e. The highest BCUT2D eigenvalue weighted by Gasteiger charge is 2.47. The summed E-state index contributed by atoms with van der Waals surface area (Å²) in [5.41, 5.74) is -0.808. The summed E-state index contributed by atoms with van der Waals surface area (Å²) in [5.74, 6) is -3.73. The fourth-order valence-corrected chi connectivity index (χ4v) is 7.46. The SMILES string of the molecule is CCC[C@H](NC(=O)C1C[C@@H](Oc2cc(Cl)ccc2Cl)CN1C(=O)[C@@H](NC(=O)[C@@H](NC(=O)c1cnccn1)C1CCCCC1)C(C)(C)C)C(=O)C(=O)NC1CC1. The third-order valence-corrected chi connectivity index (χ3v) is 10.8. The first-order valence-corrected chi connectivity index (χ1v) is 19.9. The Morgan fingerprint density at radius 3 is 2.33 bits per heavy atom. The van der Waals surface area contributed by atoms with Crippen LogP contribution in [0.4, 0.5) is 0 Å². The minimum absolute atomic E-state index is 0.0192. The number of rotatable bonds is 15. The first-order valence-electron chi connectivity index (χ1n) is 19.1. The van der Waals surface area contributed by atoms with Crippen LogP contribution in [0.3, 0.4) is 0 Å². The molecule has 298 valence electrons. The Morgan fingerprint density at radius 1 is 0.964 bits per heavy atom. The summed E-state index contributed by atoms with van der Waals surface area (Å²) in [6, 6.07) is 0.312. The van der Waals surface area contributed by atoms with Crippen molar-refractivity contribution < 1.29 is 33.5 Å². The number of halogens is 2. The zero-order chi connectivity index (χ0) is 39.9. The highest BCUT2D eigenvalue weighted by molar-refractivity contribution is 6.38. The van der Waals surface area contributed by atoms with Crippen LogP contribution in [0.25, 0.3) is 0 Å². The van der Waals surface area contributed by atoms with E-state index in [1.54, 1.807) is 32.9 Å². The van der Waals surface area contributed by atoms with Crippen molar-refractivity contribution in [2.75, 3.05) is 6.54 Å². The number of carbonyl (C=O) groups is 6. The van der Waals surface area contributed by atoms with Crippen LogP contribution < -0.4 is 26.0 Å². The Kier molecular flexibility index (Phi) is 14.1. The Bertz CT molecular complexity index is 1730. The van der Waals surface area contributed by atoms with Crippen molar-refractivity contribution in [3.63, 3.8) is 0 Å². The first-order chi connectivity index (χ1) is 26.2. The number of nitrogens with zero attached hydrogens (tertiary/aromatic N) is 3. The normalized spacial score (nSPS) is 20.4. The quantitative estimate of drug-likeness (QED) is 0.192. The van der Waals surface area contributed by atoms with Crippen molar-refractivity contribution in [1.29, 1.82) is 0 Å². The molecule has 5 atom stereocenters. The number of ether oxygens (including phenoxy) is 1. The summed E-state index contributed by atoms with van der Waals surface area (Å²) in [4.78, 5) is 91.8. The second-order valence-electron chi connectivity index (χ2n) is 15.8. The van der Waals surface area contributed by atoms with E-state index in [-0.39, 0.29) is 47.8 Å². The van der Waals surface area contributed by atoms with E-state index in [0.717, 1.165) is 32.1 Å². The van der Waals surface area contributed by atoms with Crippen molar-refractivity contribution in [1.82, 2.24) is 36.1 Å². The maximum Gasteiger partial charge on any atom is 0.289 e. The third-order valence-electron chi connectivity index (χ3n) is 10.3. The van der Waals surface area contributed by atoms with Crippen molar-refractivity contribution in [3.05, 3.63) is 52.5 Å². The summed E-state index contributed by atoms with van der Waals surface area (Å²) in [5, 5.41) is 11.9. The summed E-state index contributed by atoms with van der Waals surface area (Å²) in [6.07, 6.45) is 9.98. The van der Waals surface area contributed by atoms with Gasteiger partial charge in [0.05, 0.1) is 23.8 Å². The summed E-state index contributed by atoms with van der Waals surface area (Å²) in [7, 11) is 0. The number of benzene rings is 1. The van der Waals surface area contributed by atoms with Gasteiger partial charge in [-0.05, 0) is 55.6 Å². The predicted octanol–water partition coefficient (Wildman–Crippen LogP) is 4.17. The fraction of sp³-hybridized carbons (Fsp3) is 0.590. The first kappa shape index (κ1) is 41.9. The molecule has 0 radical (unpaired) electrons. The predicted molar refractivity (Wildman–Crippen MR) is 205 cm³/mol. The van der Waals surface area contributed by atoms with Gasteiger partial charge in [0.25, 0.3) is 11.8 Å². The van der Waals surface area contributed by atoms with Crippen molar-refractivity contribution in [2.24, 2.45) is 11.3 Å². The molecule has 2 aliphatic carbocycles. The lowest BCUT2D eigenvalue weighted by molar-refractivity contribution is -0.145. The second kappa shape index (κ2) is 18.6. The highest BCUT2D eigenvalue weighted by Crippen LogP contribution is 2.33. The number of amides is 5. The summed E-state index contributed by atoms with van der Waals surface area (Å²) < 4.78 is 6.22. The number of hydrogen-bond donors (Lipinski definition) is 4. The lowest BCUT2D eigenvalue weighted by Gasteiger charge is -2.37. The van der Waals surface area contributed by atoms with E-state index in [0.29, 0.717) is 24.3 Å². The Hall–Kier alpha value is -4.30. The fourth-order valence-electron chi connectivity index (χ4n) is 7.13. The van der Waals surface area contributed by atoms with E-state index in [1.807, 2.05) is 6.92 Å². The average molecular weight is 801 g/mol. The van der Waals surface area contributed by atoms with E-state index in [9.17, 15) is 28.8 Å². The van der Waals surface area contributed by atoms with Crippen LogP contribution in [-0.2, 0) is 24.0 Å². The number of hydrogen-bond acceptors (Lipinski definition) is 9. The van der Waals surface area contributed by atoms with Gasteiger partial charge >= 0.3 is 0 Å².